The highest BCUT2D eigenvalue weighted by molar-refractivity contribution is 5.85. The number of amides is 1. The van der Waals surface area contributed by atoms with E-state index in [0.717, 1.165) is 38.7 Å². The van der Waals surface area contributed by atoms with Gasteiger partial charge in [0.05, 0.1) is 6.10 Å². The second-order valence-electron chi connectivity index (χ2n) is 6.08. The van der Waals surface area contributed by atoms with Crippen LogP contribution in [0.3, 0.4) is 0 Å². The number of aliphatic carboxylic acids is 1. The molecular weight excluding hydrogens is 246 g/mol. The van der Waals surface area contributed by atoms with Crippen molar-refractivity contribution in [1.82, 2.24) is 5.32 Å². The quantitative estimate of drug-likeness (QED) is 0.757. The fourth-order valence-corrected chi connectivity index (χ4v) is 4.15. The molecule has 5 heteroatoms. The number of hydrogen-bond acceptors (Lipinski definition) is 4. The zero-order chi connectivity index (χ0) is 13.4. The Labute approximate surface area is 112 Å². The lowest BCUT2D eigenvalue weighted by molar-refractivity contribution is -0.314. The van der Waals surface area contributed by atoms with Crippen LogP contribution >= 0.6 is 0 Å². The van der Waals surface area contributed by atoms with Crippen LogP contribution in [0, 0.1) is 23.7 Å². The van der Waals surface area contributed by atoms with Gasteiger partial charge in [-0.2, -0.15) is 0 Å². The molecule has 1 N–H and O–H groups in total. The molecular formula is C14H20NO4-. The summed E-state index contributed by atoms with van der Waals surface area (Å²) in [4.78, 5) is 23.5. The predicted octanol–water partition coefficient (Wildman–Crippen LogP) is -0.306. The molecule has 3 aliphatic rings. The summed E-state index contributed by atoms with van der Waals surface area (Å²) in [6, 6.07) is 0. The molecule has 2 saturated carbocycles. The first-order valence-electron chi connectivity index (χ1n) is 7.27. The molecule has 0 unspecified atom stereocenters. The van der Waals surface area contributed by atoms with E-state index in [0.29, 0.717) is 6.54 Å². The van der Waals surface area contributed by atoms with Gasteiger partial charge in [0.1, 0.15) is 0 Å². The van der Waals surface area contributed by atoms with E-state index in [2.05, 4.69) is 5.32 Å². The molecule has 1 aliphatic heterocycles. The molecule has 1 saturated heterocycles. The Bertz CT molecular complexity index is 378. The van der Waals surface area contributed by atoms with Crippen LogP contribution in [0.1, 0.15) is 32.1 Å². The molecule has 0 aromatic heterocycles. The first-order chi connectivity index (χ1) is 9.16. The first-order valence-corrected chi connectivity index (χ1v) is 7.27. The molecule has 3 rings (SSSR count). The normalized spacial score (nSPS) is 40.5. The van der Waals surface area contributed by atoms with Crippen LogP contribution in [0.4, 0.5) is 0 Å². The summed E-state index contributed by atoms with van der Waals surface area (Å²) in [5, 5.41) is 14.1. The minimum Gasteiger partial charge on any atom is -0.550 e. The molecule has 2 aliphatic carbocycles. The molecule has 5 nitrogen and oxygen atoms in total. The second-order valence-corrected chi connectivity index (χ2v) is 6.08. The van der Waals surface area contributed by atoms with Crippen molar-refractivity contribution in [3.8, 4) is 0 Å². The van der Waals surface area contributed by atoms with Gasteiger partial charge in [-0.3, -0.25) is 4.79 Å². The summed E-state index contributed by atoms with van der Waals surface area (Å²) in [6.45, 7) is 1.27. The van der Waals surface area contributed by atoms with Crippen LogP contribution in [-0.2, 0) is 14.3 Å². The average Bonchev–Trinajstić information content (AvgIpc) is 3.10. The van der Waals surface area contributed by atoms with Crippen molar-refractivity contribution in [1.29, 1.82) is 0 Å². The van der Waals surface area contributed by atoms with Crippen molar-refractivity contribution in [2.75, 3.05) is 13.2 Å². The minimum atomic E-state index is -1.05. The molecule has 0 aromatic rings. The van der Waals surface area contributed by atoms with E-state index >= 15 is 0 Å². The summed E-state index contributed by atoms with van der Waals surface area (Å²) < 4.78 is 5.46. The van der Waals surface area contributed by atoms with Gasteiger partial charge in [0.25, 0.3) is 0 Å². The van der Waals surface area contributed by atoms with Crippen LogP contribution in [0.25, 0.3) is 0 Å². The smallest absolute Gasteiger partial charge is 0.224 e. The van der Waals surface area contributed by atoms with Crippen LogP contribution in [-0.4, -0.2) is 31.1 Å². The first kappa shape index (κ1) is 12.9. The standard InChI is InChI=1S/C14H21NO4/c16-13(15-7-10-2-1-5-19-10)11-8-3-4-9(6-8)12(11)14(17)18/h8-12H,1-7H2,(H,15,16)(H,17,18)/p-1/t8-,9-,10+,11+,12-/m0/s1. The monoisotopic (exact) mass is 266 g/mol. The highest BCUT2D eigenvalue weighted by Gasteiger charge is 2.51. The van der Waals surface area contributed by atoms with Gasteiger partial charge in [-0.25, -0.2) is 0 Å². The molecule has 5 atom stereocenters. The lowest BCUT2D eigenvalue weighted by Crippen LogP contribution is -2.47. The van der Waals surface area contributed by atoms with Crippen LogP contribution in [0.15, 0.2) is 0 Å². The van der Waals surface area contributed by atoms with Crippen molar-refractivity contribution in [3.63, 3.8) is 0 Å². The van der Waals surface area contributed by atoms with E-state index in [1.165, 1.54) is 0 Å². The number of rotatable bonds is 4. The van der Waals surface area contributed by atoms with Crippen molar-refractivity contribution in [3.05, 3.63) is 0 Å². The van der Waals surface area contributed by atoms with Gasteiger partial charge in [-0.15, -0.1) is 0 Å². The van der Waals surface area contributed by atoms with Crippen molar-refractivity contribution in [2.45, 2.75) is 38.2 Å². The number of carbonyl (C=O) groups is 2. The van der Waals surface area contributed by atoms with Crippen LogP contribution in [0.5, 0.6) is 0 Å². The van der Waals surface area contributed by atoms with Gasteiger partial charge >= 0.3 is 0 Å². The second kappa shape index (κ2) is 5.12. The Morgan fingerprint density at radius 2 is 1.89 bits per heavy atom. The SMILES string of the molecule is O=C(NC[C@H]1CCCO1)[C@@H]1[C@H]2CC[C@@H](C2)[C@@H]1C(=O)[O-]. The number of fused-ring (bicyclic) bond motifs is 2. The number of carboxylic acid groups (broad SMARTS) is 1. The minimum absolute atomic E-state index is 0.101. The third-order valence-electron chi connectivity index (χ3n) is 5.02. The molecule has 0 radical (unpaired) electrons. The van der Waals surface area contributed by atoms with Crippen LogP contribution in [0.2, 0.25) is 0 Å². The maximum Gasteiger partial charge on any atom is 0.224 e. The highest BCUT2D eigenvalue weighted by Crippen LogP contribution is 2.52. The van der Waals surface area contributed by atoms with Crippen molar-refractivity contribution >= 4 is 11.9 Å². The molecule has 3 fully saturated rings. The molecule has 19 heavy (non-hydrogen) atoms. The summed E-state index contributed by atoms with van der Waals surface area (Å²) >= 11 is 0. The van der Waals surface area contributed by atoms with E-state index in [1.54, 1.807) is 0 Å². The lowest BCUT2D eigenvalue weighted by Gasteiger charge is -2.31. The average molecular weight is 266 g/mol. The number of carboxylic acids is 1. The predicted molar refractivity (Wildman–Crippen MR) is 64.8 cm³/mol. The Kier molecular flexibility index (Phi) is 3.48. The van der Waals surface area contributed by atoms with Gasteiger partial charge < -0.3 is 20.0 Å². The van der Waals surface area contributed by atoms with Gasteiger partial charge in [0.2, 0.25) is 5.91 Å². The number of hydrogen-bond donors (Lipinski definition) is 1. The van der Waals surface area contributed by atoms with E-state index in [4.69, 9.17) is 4.74 Å². The van der Waals surface area contributed by atoms with Gasteiger partial charge in [0, 0.05) is 31.0 Å². The summed E-state index contributed by atoms with van der Waals surface area (Å²) in [5.74, 6) is -1.75. The molecule has 1 amide bonds. The lowest BCUT2D eigenvalue weighted by atomic mass is 9.78. The van der Waals surface area contributed by atoms with E-state index in [9.17, 15) is 14.7 Å². The third kappa shape index (κ3) is 2.36. The van der Waals surface area contributed by atoms with Crippen molar-refractivity contribution < 1.29 is 19.4 Å². The Balaban J connectivity index is 1.60. The number of nitrogens with one attached hydrogen (secondary N) is 1. The van der Waals surface area contributed by atoms with Gasteiger partial charge in [-0.05, 0) is 43.9 Å². The van der Waals surface area contributed by atoms with E-state index < -0.39 is 11.9 Å². The molecule has 106 valence electrons. The maximum atomic E-state index is 12.2. The largest absolute Gasteiger partial charge is 0.550 e. The highest BCUT2D eigenvalue weighted by atomic mass is 16.5. The Hall–Kier alpha value is -1.10. The van der Waals surface area contributed by atoms with E-state index in [-0.39, 0.29) is 29.8 Å². The summed E-state index contributed by atoms with van der Waals surface area (Å²) in [7, 11) is 0. The van der Waals surface area contributed by atoms with Crippen LogP contribution < -0.4 is 10.4 Å². The fraction of sp³-hybridized carbons (Fsp3) is 0.857. The zero-order valence-corrected chi connectivity index (χ0v) is 11.0. The maximum absolute atomic E-state index is 12.2. The Morgan fingerprint density at radius 1 is 1.16 bits per heavy atom. The molecule has 0 spiro atoms. The number of ether oxygens (including phenoxy) is 1. The summed E-state index contributed by atoms with van der Waals surface area (Å²) in [6.07, 6.45) is 4.89. The summed E-state index contributed by atoms with van der Waals surface area (Å²) in [5.41, 5.74) is 0. The fourth-order valence-electron chi connectivity index (χ4n) is 4.15. The molecule has 1 heterocycles. The number of carbonyl (C=O) groups excluding carboxylic acids is 2. The topological polar surface area (TPSA) is 78.5 Å². The van der Waals surface area contributed by atoms with Crippen molar-refractivity contribution in [2.24, 2.45) is 23.7 Å². The Morgan fingerprint density at radius 3 is 2.53 bits per heavy atom. The molecule has 2 bridgehead atoms. The third-order valence-corrected chi connectivity index (χ3v) is 5.02. The van der Waals surface area contributed by atoms with Gasteiger partial charge in [-0.1, -0.05) is 0 Å². The zero-order valence-electron chi connectivity index (χ0n) is 11.0. The van der Waals surface area contributed by atoms with E-state index in [1.807, 2.05) is 0 Å². The molecule has 0 aromatic carbocycles. The van der Waals surface area contributed by atoms with Gasteiger partial charge in [0.15, 0.2) is 0 Å².